The van der Waals surface area contributed by atoms with Crippen LogP contribution in [0.1, 0.15) is 24.0 Å². The number of nitrogens with zero attached hydrogens (tertiary/aromatic N) is 1. The fraction of sp³-hybridized carbons (Fsp3) is 0.562. The van der Waals surface area contributed by atoms with Crippen LogP contribution in [0.5, 0.6) is 5.75 Å². The van der Waals surface area contributed by atoms with E-state index in [1.165, 1.54) is 18.2 Å². The molecule has 1 heterocycles. The van der Waals surface area contributed by atoms with Crippen LogP contribution in [0, 0.1) is 0 Å². The van der Waals surface area contributed by atoms with Crippen LogP contribution in [-0.2, 0) is 17.5 Å². The van der Waals surface area contributed by atoms with E-state index in [-0.39, 0.29) is 24.9 Å². The van der Waals surface area contributed by atoms with Crippen molar-refractivity contribution in [2.45, 2.75) is 31.2 Å². The minimum Gasteiger partial charge on any atom is -0.478 e. The lowest BCUT2D eigenvalue weighted by Gasteiger charge is -2.29. The highest BCUT2D eigenvalue weighted by Crippen LogP contribution is 2.45. The van der Waals surface area contributed by atoms with E-state index in [0.717, 1.165) is 13.1 Å². The Balaban J connectivity index is 1.91. The molecule has 1 saturated carbocycles. The average Bonchev–Trinajstić information content (AvgIpc) is 3.28. The third-order valence-electron chi connectivity index (χ3n) is 4.40. The number of nitrogens with one attached hydrogen (secondary N) is 1. The number of carbonyl (C=O) groups is 1. The van der Waals surface area contributed by atoms with Crippen molar-refractivity contribution in [3.8, 4) is 5.75 Å². The molecule has 1 saturated heterocycles. The molecule has 1 aromatic rings. The van der Waals surface area contributed by atoms with Crippen LogP contribution in [0.15, 0.2) is 18.2 Å². The van der Waals surface area contributed by atoms with Gasteiger partial charge in [-0.25, -0.2) is 4.79 Å². The minimum absolute atomic E-state index is 0.114. The van der Waals surface area contributed by atoms with E-state index in [1.807, 2.05) is 4.90 Å². The Hall–Kier alpha value is -1.80. The van der Waals surface area contributed by atoms with E-state index in [9.17, 15) is 18.0 Å². The standard InChI is InChI=1S/C16H19F3N2O3/c17-16(18,19)13-11(10-21-8-6-20-7-9-21)2-1-3-12(13)24-15(4-5-15)14(22)23/h1-3,20H,4-10H2,(H,22,23). The lowest BCUT2D eigenvalue weighted by molar-refractivity contribution is -0.150. The third kappa shape index (κ3) is 3.49. The highest BCUT2D eigenvalue weighted by Gasteiger charge is 2.54. The number of hydrogen-bond donors (Lipinski definition) is 2. The van der Waals surface area contributed by atoms with Gasteiger partial charge in [-0.3, -0.25) is 4.90 Å². The number of piperazine rings is 1. The molecule has 24 heavy (non-hydrogen) atoms. The summed E-state index contributed by atoms with van der Waals surface area (Å²) in [5, 5.41) is 12.3. The normalized spacial score (nSPS) is 20.6. The zero-order valence-electron chi connectivity index (χ0n) is 13.0. The fourth-order valence-corrected chi connectivity index (χ4v) is 2.91. The number of ether oxygens (including phenoxy) is 1. The van der Waals surface area contributed by atoms with Crippen molar-refractivity contribution in [2.24, 2.45) is 0 Å². The maximum absolute atomic E-state index is 13.6. The van der Waals surface area contributed by atoms with E-state index < -0.39 is 29.1 Å². The van der Waals surface area contributed by atoms with E-state index >= 15 is 0 Å². The minimum atomic E-state index is -4.60. The van der Waals surface area contributed by atoms with Crippen molar-refractivity contribution in [3.63, 3.8) is 0 Å². The van der Waals surface area contributed by atoms with Gasteiger partial charge in [-0.2, -0.15) is 13.2 Å². The van der Waals surface area contributed by atoms with E-state index in [2.05, 4.69) is 5.32 Å². The largest absolute Gasteiger partial charge is 0.478 e. The monoisotopic (exact) mass is 344 g/mol. The first kappa shape index (κ1) is 17.0. The summed E-state index contributed by atoms with van der Waals surface area (Å²) in [6.45, 7) is 2.97. The molecular formula is C16H19F3N2O3. The number of rotatable bonds is 5. The van der Waals surface area contributed by atoms with Crippen LogP contribution < -0.4 is 10.1 Å². The summed E-state index contributed by atoms with van der Waals surface area (Å²) in [6.07, 6.45) is -4.15. The molecule has 3 rings (SSSR count). The highest BCUT2D eigenvalue weighted by molar-refractivity contribution is 5.81. The second kappa shape index (κ2) is 6.25. The first-order chi connectivity index (χ1) is 11.3. The van der Waals surface area contributed by atoms with Gasteiger partial charge in [0.1, 0.15) is 11.3 Å². The predicted molar refractivity (Wildman–Crippen MR) is 79.8 cm³/mol. The molecule has 2 fully saturated rings. The molecule has 0 aromatic heterocycles. The molecule has 1 aliphatic carbocycles. The number of aliphatic carboxylic acids is 1. The zero-order chi connectivity index (χ0) is 17.4. The molecule has 1 aliphatic heterocycles. The van der Waals surface area contributed by atoms with Crippen LogP contribution in [0.25, 0.3) is 0 Å². The van der Waals surface area contributed by atoms with Crippen molar-refractivity contribution in [1.29, 1.82) is 0 Å². The smallest absolute Gasteiger partial charge is 0.420 e. The summed E-state index contributed by atoms with van der Waals surface area (Å²) in [5.74, 6) is -1.61. The Kier molecular flexibility index (Phi) is 4.44. The molecule has 2 aliphatic rings. The number of hydrogen-bond acceptors (Lipinski definition) is 4. The van der Waals surface area contributed by atoms with Gasteiger partial charge in [0.15, 0.2) is 0 Å². The summed E-state index contributed by atoms with van der Waals surface area (Å²) in [7, 11) is 0. The average molecular weight is 344 g/mol. The number of alkyl halides is 3. The number of carboxylic acids is 1. The van der Waals surface area contributed by atoms with E-state index in [0.29, 0.717) is 13.1 Å². The topological polar surface area (TPSA) is 61.8 Å². The van der Waals surface area contributed by atoms with Crippen LogP contribution >= 0.6 is 0 Å². The van der Waals surface area contributed by atoms with Crippen LogP contribution in [0.2, 0.25) is 0 Å². The first-order valence-electron chi connectivity index (χ1n) is 7.86. The second-order valence-corrected chi connectivity index (χ2v) is 6.22. The Labute approximate surface area is 137 Å². The summed E-state index contributed by atoms with van der Waals surface area (Å²) in [4.78, 5) is 13.2. The lowest BCUT2D eigenvalue weighted by Crippen LogP contribution is -2.43. The van der Waals surface area contributed by atoms with Gasteiger partial charge in [-0.1, -0.05) is 12.1 Å². The molecule has 0 radical (unpaired) electrons. The molecule has 8 heteroatoms. The Morgan fingerprint density at radius 2 is 1.96 bits per heavy atom. The van der Waals surface area contributed by atoms with Crippen molar-refractivity contribution >= 4 is 5.97 Å². The molecule has 2 N–H and O–H groups in total. The molecule has 0 atom stereocenters. The van der Waals surface area contributed by atoms with E-state index in [4.69, 9.17) is 9.84 Å². The lowest BCUT2D eigenvalue weighted by atomic mass is 10.0. The summed E-state index contributed by atoms with van der Waals surface area (Å²) < 4.78 is 46.1. The van der Waals surface area contributed by atoms with Gasteiger partial charge >= 0.3 is 12.1 Å². The van der Waals surface area contributed by atoms with Gasteiger partial charge in [0.05, 0.1) is 0 Å². The Morgan fingerprint density at radius 1 is 1.29 bits per heavy atom. The summed E-state index contributed by atoms with van der Waals surface area (Å²) in [5.41, 5.74) is -2.26. The van der Waals surface area contributed by atoms with Crippen molar-refractivity contribution in [2.75, 3.05) is 26.2 Å². The molecule has 0 unspecified atom stereocenters. The summed E-state index contributed by atoms with van der Waals surface area (Å²) in [6, 6.07) is 4.12. The van der Waals surface area contributed by atoms with E-state index in [1.54, 1.807) is 0 Å². The van der Waals surface area contributed by atoms with Crippen molar-refractivity contribution in [1.82, 2.24) is 10.2 Å². The van der Waals surface area contributed by atoms with Gasteiger partial charge in [0, 0.05) is 45.6 Å². The second-order valence-electron chi connectivity index (χ2n) is 6.22. The molecular weight excluding hydrogens is 325 g/mol. The maximum atomic E-state index is 13.6. The van der Waals surface area contributed by atoms with Gasteiger partial charge < -0.3 is 15.2 Å². The fourth-order valence-electron chi connectivity index (χ4n) is 2.91. The predicted octanol–water partition coefficient (Wildman–Crippen LogP) is 2.11. The molecule has 0 bridgehead atoms. The van der Waals surface area contributed by atoms with Crippen LogP contribution in [0.3, 0.4) is 0 Å². The Morgan fingerprint density at radius 3 is 2.50 bits per heavy atom. The number of benzene rings is 1. The molecule has 5 nitrogen and oxygen atoms in total. The number of halogens is 3. The third-order valence-corrected chi connectivity index (χ3v) is 4.40. The van der Waals surface area contributed by atoms with Gasteiger partial charge in [-0.05, 0) is 11.6 Å². The van der Waals surface area contributed by atoms with Crippen LogP contribution in [-0.4, -0.2) is 47.8 Å². The zero-order valence-corrected chi connectivity index (χ0v) is 13.0. The first-order valence-corrected chi connectivity index (χ1v) is 7.86. The van der Waals surface area contributed by atoms with Crippen LogP contribution in [0.4, 0.5) is 13.2 Å². The molecule has 0 amide bonds. The van der Waals surface area contributed by atoms with Gasteiger partial charge in [0.25, 0.3) is 0 Å². The maximum Gasteiger partial charge on any atom is 0.420 e. The Bertz CT molecular complexity index is 623. The van der Waals surface area contributed by atoms with Gasteiger partial charge in [-0.15, -0.1) is 0 Å². The molecule has 0 spiro atoms. The quantitative estimate of drug-likeness (QED) is 0.857. The number of carboxylic acid groups (broad SMARTS) is 1. The molecule has 1 aromatic carbocycles. The van der Waals surface area contributed by atoms with Gasteiger partial charge in [0.2, 0.25) is 5.60 Å². The van der Waals surface area contributed by atoms with Crippen molar-refractivity contribution in [3.05, 3.63) is 29.3 Å². The highest BCUT2D eigenvalue weighted by atomic mass is 19.4. The summed E-state index contributed by atoms with van der Waals surface area (Å²) >= 11 is 0. The molecule has 132 valence electrons. The van der Waals surface area contributed by atoms with Crippen molar-refractivity contribution < 1.29 is 27.8 Å². The SMILES string of the molecule is O=C(O)C1(Oc2cccc(CN3CCNCC3)c2C(F)(F)F)CC1.